The summed E-state index contributed by atoms with van der Waals surface area (Å²) in [5.74, 6) is 0.688. The minimum absolute atomic E-state index is 0.0212. The molecule has 0 bridgehead atoms. The van der Waals surface area contributed by atoms with Gasteiger partial charge in [0, 0.05) is 12.5 Å². The summed E-state index contributed by atoms with van der Waals surface area (Å²) in [5, 5.41) is 0. The van der Waals surface area contributed by atoms with Crippen molar-refractivity contribution in [1.29, 1.82) is 0 Å². The second-order valence-electron chi connectivity index (χ2n) is 7.07. The van der Waals surface area contributed by atoms with Crippen molar-refractivity contribution in [2.75, 3.05) is 0 Å². The number of hydrogen-bond donors (Lipinski definition) is 0. The van der Waals surface area contributed by atoms with Crippen LogP contribution >= 0.6 is 0 Å². The Labute approximate surface area is 154 Å². The third kappa shape index (κ3) is 4.13. The highest BCUT2D eigenvalue weighted by Gasteiger charge is 2.22. The maximum Gasteiger partial charge on any atom is 0.226 e. The van der Waals surface area contributed by atoms with Crippen molar-refractivity contribution in [3.05, 3.63) is 65.0 Å². The molecule has 0 aliphatic rings. The lowest BCUT2D eigenvalue weighted by molar-refractivity contribution is -0.136. The van der Waals surface area contributed by atoms with E-state index in [4.69, 9.17) is 4.42 Å². The quantitative estimate of drug-likeness (QED) is 0.627. The minimum atomic E-state index is -0.0212. The first-order valence-corrected chi connectivity index (χ1v) is 9.16. The first-order valence-electron chi connectivity index (χ1n) is 9.16. The van der Waals surface area contributed by atoms with Gasteiger partial charge in [0.1, 0.15) is 5.52 Å². The molecule has 3 aromatic rings. The molecule has 0 saturated heterocycles. The second kappa shape index (κ2) is 7.73. The summed E-state index contributed by atoms with van der Waals surface area (Å²) in [5.41, 5.74) is 5.06. The third-order valence-electron chi connectivity index (χ3n) is 4.75. The number of oxazole rings is 1. The lowest BCUT2D eigenvalue weighted by atomic mass is 10.1. The summed E-state index contributed by atoms with van der Waals surface area (Å²) in [6.07, 6.45) is 0.815. The first-order chi connectivity index (χ1) is 12.5. The van der Waals surface area contributed by atoms with Crippen molar-refractivity contribution in [2.24, 2.45) is 5.92 Å². The van der Waals surface area contributed by atoms with Crippen LogP contribution in [0.5, 0.6) is 0 Å². The fourth-order valence-corrected chi connectivity index (χ4v) is 2.93. The molecule has 3 rings (SSSR count). The van der Waals surface area contributed by atoms with Crippen LogP contribution in [0.4, 0.5) is 0 Å². The van der Waals surface area contributed by atoms with Crippen LogP contribution in [-0.4, -0.2) is 15.8 Å². The highest BCUT2D eigenvalue weighted by molar-refractivity contribution is 5.78. The SMILES string of the molecule is CCC(C)C(=O)N(Cc1ccc(C)cc1)Cc1nc2cc(C)ccc2o1. The predicted octanol–water partition coefficient (Wildman–Crippen LogP) is 5.02. The molecule has 1 atom stereocenters. The Bertz CT molecular complexity index is 896. The van der Waals surface area contributed by atoms with E-state index in [1.165, 1.54) is 5.56 Å². The van der Waals surface area contributed by atoms with Crippen LogP contribution in [0.15, 0.2) is 46.9 Å². The normalized spacial score (nSPS) is 12.3. The van der Waals surface area contributed by atoms with Crippen LogP contribution in [0.25, 0.3) is 11.1 Å². The zero-order chi connectivity index (χ0) is 18.7. The van der Waals surface area contributed by atoms with E-state index >= 15 is 0 Å². The minimum Gasteiger partial charge on any atom is -0.439 e. The summed E-state index contributed by atoms with van der Waals surface area (Å²) in [7, 11) is 0. The first kappa shape index (κ1) is 18.2. The van der Waals surface area contributed by atoms with Crippen LogP contribution in [-0.2, 0) is 17.9 Å². The molecule has 136 valence electrons. The Morgan fingerprint density at radius 2 is 1.77 bits per heavy atom. The summed E-state index contributed by atoms with van der Waals surface area (Å²) in [6, 6.07) is 14.2. The van der Waals surface area contributed by atoms with Crippen LogP contribution in [0.2, 0.25) is 0 Å². The summed E-state index contributed by atoms with van der Waals surface area (Å²) in [4.78, 5) is 19.3. The Hall–Kier alpha value is -2.62. The van der Waals surface area contributed by atoms with Crippen molar-refractivity contribution in [3.63, 3.8) is 0 Å². The Morgan fingerprint density at radius 3 is 2.46 bits per heavy atom. The van der Waals surface area contributed by atoms with E-state index in [1.54, 1.807) is 0 Å². The highest BCUT2D eigenvalue weighted by Crippen LogP contribution is 2.20. The number of aromatic nitrogens is 1. The molecule has 0 N–H and O–H groups in total. The molecule has 2 aromatic carbocycles. The second-order valence-corrected chi connectivity index (χ2v) is 7.07. The van der Waals surface area contributed by atoms with E-state index in [0.29, 0.717) is 19.0 Å². The third-order valence-corrected chi connectivity index (χ3v) is 4.75. The number of nitrogens with zero attached hydrogens (tertiary/aromatic N) is 2. The molecule has 4 nitrogen and oxygen atoms in total. The number of carbonyl (C=O) groups excluding carboxylic acids is 1. The molecule has 1 unspecified atom stereocenters. The average Bonchev–Trinajstić information content (AvgIpc) is 3.03. The van der Waals surface area contributed by atoms with Gasteiger partial charge in [-0.2, -0.15) is 0 Å². The van der Waals surface area contributed by atoms with Gasteiger partial charge in [0.05, 0.1) is 6.54 Å². The molecule has 1 aromatic heterocycles. The highest BCUT2D eigenvalue weighted by atomic mass is 16.3. The molecular formula is C22H26N2O2. The largest absolute Gasteiger partial charge is 0.439 e. The van der Waals surface area contributed by atoms with Gasteiger partial charge < -0.3 is 9.32 Å². The zero-order valence-corrected chi connectivity index (χ0v) is 16.0. The van der Waals surface area contributed by atoms with Gasteiger partial charge in [-0.15, -0.1) is 0 Å². The van der Waals surface area contributed by atoms with Crippen molar-refractivity contribution < 1.29 is 9.21 Å². The molecule has 0 aliphatic heterocycles. The Balaban J connectivity index is 1.85. The fourth-order valence-electron chi connectivity index (χ4n) is 2.93. The molecule has 0 radical (unpaired) electrons. The van der Waals surface area contributed by atoms with Crippen molar-refractivity contribution in [2.45, 2.75) is 47.2 Å². The number of rotatable bonds is 6. The molecule has 0 aliphatic carbocycles. The summed E-state index contributed by atoms with van der Waals surface area (Å²) >= 11 is 0. The van der Waals surface area contributed by atoms with Gasteiger partial charge >= 0.3 is 0 Å². The van der Waals surface area contributed by atoms with E-state index < -0.39 is 0 Å². The van der Waals surface area contributed by atoms with Gasteiger partial charge in [-0.1, -0.05) is 49.7 Å². The molecule has 1 heterocycles. The molecule has 4 heteroatoms. The van der Waals surface area contributed by atoms with E-state index in [0.717, 1.165) is 28.6 Å². The zero-order valence-electron chi connectivity index (χ0n) is 16.0. The van der Waals surface area contributed by atoms with Gasteiger partial charge in [-0.3, -0.25) is 4.79 Å². The van der Waals surface area contributed by atoms with Crippen LogP contribution in [0, 0.1) is 19.8 Å². The van der Waals surface area contributed by atoms with E-state index in [-0.39, 0.29) is 11.8 Å². The van der Waals surface area contributed by atoms with Gasteiger partial charge in [-0.25, -0.2) is 4.98 Å². The van der Waals surface area contributed by atoms with Crippen LogP contribution < -0.4 is 0 Å². The molecule has 0 fully saturated rings. The topological polar surface area (TPSA) is 46.3 Å². The predicted molar refractivity (Wildman–Crippen MR) is 104 cm³/mol. The van der Waals surface area contributed by atoms with Crippen LogP contribution in [0.1, 0.15) is 42.8 Å². The number of aryl methyl sites for hydroxylation is 2. The maximum atomic E-state index is 12.9. The average molecular weight is 350 g/mol. The Morgan fingerprint density at radius 1 is 1.08 bits per heavy atom. The summed E-state index contributed by atoms with van der Waals surface area (Å²) in [6.45, 7) is 9.04. The van der Waals surface area contributed by atoms with Crippen LogP contribution in [0.3, 0.4) is 0 Å². The standard InChI is InChI=1S/C22H26N2O2/c1-5-17(4)22(25)24(13-18-9-6-15(2)7-10-18)14-21-23-19-12-16(3)8-11-20(19)26-21/h6-12,17H,5,13-14H2,1-4H3. The molecular weight excluding hydrogens is 324 g/mol. The lowest BCUT2D eigenvalue weighted by Crippen LogP contribution is -2.34. The number of fused-ring (bicyclic) bond motifs is 1. The number of carbonyl (C=O) groups is 1. The Kier molecular flexibility index (Phi) is 5.40. The monoisotopic (exact) mass is 350 g/mol. The molecule has 0 spiro atoms. The number of amides is 1. The van der Waals surface area contributed by atoms with Gasteiger partial charge in [0.2, 0.25) is 11.8 Å². The molecule has 26 heavy (non-hydrogen) atoms. The van der Waals surface area contributed by atoms with Crippen molar-refractivity contribution >= 4 is 17.0 Å². The maximum absolute atomic E-state index is 12.9. The fraction of sp³-hybridized carbons (Fsp3) is 0.364. The van der Waals surface area contributed by atoms with E-state index in [9.17, 15) is 4.79 Å². The number of hydrogen-bond acceptors (Lipinski definition) is 3. The van der Waals surface area contributed by atoms with Gasteiger partial charge in [-0.05, 0) is 43.5 Å². The van der Waals surface area contributed by atoms with Crippen molar-refractivity contribution in [3.8, 4) is 0 Å². The molecule has 0 saturated carbocycles. The summed E-state index contributed by atoms with van der Waals surface area (Å²) < 4.78 is 5.87. The van der Waals surface area contributed by atoms with E-state index in [2.05, 4.69) is 36.2 Å². The van der Waals surface area contributed by atoms with Crippen molar-refractivity contribution in [1.82, 2.24) is 9.88 Å². The number of benzene rings is 2. The van der Waals surface area contributed by atoms with E-state index in [1.807, 2.05) is 43.9 Å². The smallest absolute Gasteiger partial charge is 0.226 e. The van der Waals surface area contributed by atoms with Gasteiger partial charge in [0.15, 0.2) is 5.58 Å². The molecule has 1 amide bonds. The van der Waals surface area contributed by atoms with Gasteiger partial charge in [0.25, 0.3) is 0 Å². The lowest BCUT2D eigenvalue weighted by Gasteiger charge is -2.24.